The first-order valence-electron chi connectivity index (χ1n) is 9.05. The molecule has 0 saturated heterocycles. The summed E-state index contributed by atoms with van der Waals surface area (Å²) in [7, 11) is 1.84. The van der Waals surface area contributed by atoms with Crippen molar-refractivity contribution in [3.63, 3.8) is 0 Å². The Morgan fingerprint density at radius 2 is 1.89 bits per heavy atom. The standard InChI is InChI=1S/C22H19N3O3/c1-3-28-21(26)9-14-4-5-15-6-7-20-19(22(27)18(15)8-14)10-16(11-23-20)17-12-24-25(2)13-17/h4-8,10-13H,3,9H2,1-2H3. The summed E-state index contributed by atoms with van der Waals surface area (Å²) >= 11 is 0. The molecular formula is C22H19N3O3. The number of carbonyl (C=O) groups excluding carboxylic acids is 1. The first-order valence-corrected chi connectivity index (χ1v) is 9.05. The zero-order chi connectivity index (χ0) is 19.7. The van der Waals surface area contributed by atoms with Gasteiger partial charge in [-0.3, -0.25) is 19.3 Å². The monoisotopic (exact) mass is 373 g/mol. The molecule has 0 bridgehead atoms. The number of benzene rings is 1. The molecule has 0 unspecified atom stereocenters. The number of nitrogens with zero attached hydrogens (tertiary/aromatic N) is 3. The number of rotatable bonds is 4. The molecule has 0 aliphatic rings. The summed E-state index contributed by atoms with van der Waals surface area (Å²) < 4.78 is 6.72. The fourth-order valence-electron chi connectivity index (χ4n) is 3.27. The Morgan fingerprint density at radius 3 is 2.64 bits per heavy atom. The molecule has 0 atom stereocenters. The van der Waals surface area contributed by atoms with Gasteiger partial charge < -0.3 is 4.74 Å². The van der Waals surface area contributed by atoms with Crippen LogP contribution >= 0.6 is 0 Å². The molecule has 4 aromatic rings. The third kappa shape index (κ3) is 3.36. The van der Waals surface area contributed by atoms with Gasteiger partial charge in [-0.1, -0.05) is 18.2 Å². The number of hydrogen-bond donors (Lipinski definition) is 0. The molecule has 0 fully saturated rings. The van der Waals surface area contributed by atoms with Crippen molar-refractivity contribution in [1.82, 2.24) is 14.8 Å². The van der Waals surface area contributed by atoms with E-state index in [1.165, 1.54) is 0 Å². The average Bonchev–Trinajstić information content (AvgIpc) is 3.07. The van der Waals surface area contributed by atoms with E-state index in [9.17, 15) is 9.59 Å². The summed E-state index contributed by atoms with van der Waals surface area (Å²) in [6.45, 7) is 2.11. The van der Waals surface area contributed by atoms with Gasteiger partial charge in [0.15, 0.2) is 5.43 Å². The second kappa shape index (κ2) is 7.23. The SMILES string of the molecule is CCOC(=O)Cc1ccc2ccc3ncc(-c4cnn(C)c4)cc3c(=O)c2c1. The summed E-state index contributed by atoms with van der Waals surface area (Å²) in [5.41, 5.74) is 2.99. The van der Waals surface area contributed by atoms with Crippen LogP contribution in [-0.2, 0) is 23.0 Å². The second-order valence-corrected chi connectivity index (χ2v) is 6.63. The van der Waals surface area contributed by atoms with Gasteiger partial charge in [-0.15, -0.1) is 0 Å². The van der Waals surface area contributed by atoms with Crippen molar-refractivity contribution in [2.75, 3.05) is 6.61 Å². The summed E-state index contributed by atoms with van der Waals surface area (Å²) in [5, 5.41) is 6.07. The number of carbonyl (C=O) groups is 1. The van der Waals surface area contributed by atoms with Crippen molar-refractivity contribution in [2.45, 2.75) is 13.3 Å². The van der Waals surface area contributed by atoms with Crippen LogP contribution in [0.5, 0.6) is 0 Å². The van der Waals surface area contributed by atoms with Gasteiger partial charge in [-0.25, -0.2) is 0 Å². The van der Waals surface area contributed by atoms with E-state index in [0.717, 1.165) is 22.1 Å². The van der Waals surface area contributed by atoms with Gasteiger partial charge in [0.25, 0.3) is 0 Å². The van der Waals surface area contributed by atoms with E-state index in [-0.39, 0.29) is 17.8 Å². The van der Waals surface area contributed by atoms with Gasteiger partial charge in [0.1, 0.15) is 0 Å². The van der Waals surface area contributed by atoms with Gasteiger partial charge in [-0.05, 0) is 36.1 Å². The summed E-state index contributed by atoms with van der Waals surface area (Å²) in [6, 6.07) is 11.0. The van der Waals surface area contributed by atoms with Crippen molar-refractivity contribution in [3.8, 4) is 11.1 Å². The van der Waals surface area contributed by atoms with Crippen LogP contribution in [0.2, 0.25) is 0 Å². The average molecular weight is 373 g/mol. The molecule has 0 amide bonds. The largest absolute Gasteiger partial charge is 0.466 e. The summed E-state index contributed by atoms with van der Waals surface area (Å²) in [4.78, 5) is 29.5. The topological polar surface area (TPSA) is 74.1 Å². The van der Waals surface area contributed by atoms with E-state index in [2.05, 4.69) is 10.1 Å². The van der Waals surface area contributed by atoms with E-state index in [1.54, 1.807) is 30.1 Å². The molecule has 0 radical (unpaired) electrons. The van der Waals surface area contributed by atoms with Gasteiger partial charge in [0, 0.05) is 41.3 Å². The van der Waals surface area contributed by atoms with Gasteiger partial charge in [0.2, 0.25) is 0 Å². The Balaban J connectivity index is 1.89. The minimum atomic E-state index is -0.306. The fraction of sp³-hybridized carbons (Fsp3) is 0.182. The summed E-state index contributed by atoms with van der Waals surface area (Å²) in [6.07, 6.45) is 5.51. The zero-order valence-electron chi connectivity index (χ0n) is 15.7. The Hall–Kier alpha value is -3.54. The van der Waals surface area contributed by atoms with Crippen LogP contribution in [0.3, 0.4) is 0 Å². The highest BCUT2D eigenvalue weighted by Crippen LogP contribution is 2.22. The number of ether oxygens (including phenoxy) is 1. The van der Waals surface area contributed by atoms with Gasteiger partial charge in [-0.2, -0.15) is 5.10 Å². The van der Waals surface area contributed by atoms with E-state index < -0.39 is 0 Å². The van der Waals surface area contributed by atoms with Crippen LogP contribution in [0.15, 0.2) is 59.8 Å². The molecule has 2 aromatic carbocycles. The normalized spacial score (nSPS) is 11.1. The Morgan fingerprint density at radius 1 is 1.07 bits per heavy atom. The maximum absolute atomic E-state index is 13.3. The molecule has 0 spiro atoms. The fourth-order valence-corrected chi connectivity index (χ4v) is 3.27. The first kappa shape index (κ1) is 17.9. The Kier molecular flexibility index (Phi) is 4.61. The quantitative estimate of drug-likeness (QED) is 0.513. The number of hydrogen-bond acceptors (Lipinski definition) is 5. The van der Waals surface area contributed by atoms with E-state index in [1.807, 2.05) is 43.6 Å². The highest BCUT2D eigenvalue weighted by atomic mass is 16.5. The lowest BCUT2D eigenvalue weighted by Gasteiger charge is -2.02. The van der Waals surface area contributed by atoms with Crippen LogP contribution in [0.1, 0.15) is 12.5 Å². The van der Waals surface area contributed by atoms with Crippen molar-refractivity contribution in [2.24, 2.45) is 7.05 Å². The Bertz CT molecular complexity index is 1260. The highest BCUT2D eigenvalue weighted by molar-refractivity contribution is 5.93. The van der Waals surface area contributed by atoms with Crippen LogP contribution in [0, 0.1) is 0 Å². The zero-order valence-corrected chi connectivity index (χ0v) is 15.7. The third-order valence-electron chi connectivity index (χ3n) is 4.64. The summed E-state index contributed by atoms with van der Waals surface area (Å²) in [5.74, 6) is -0.306. The minimum absolute atomic E-state index is 0.112. The number of aromatic nitrogens is 3. The van der Waals surface area contributed by atoms with E-state index >= 15 is 0 Å². The molecule has 28 heavy (non-hydrogen) atoms. The third-order valence-corrected chi connectivity index (χ3v) is 4.64. The number of fused-ring (bicyclic) bond motifs is 2. The van der Waals surface area contributed by atoms with E-state index in [4.69, 9.17) is 4.74 Å². The van der Waals surface area contributed by atoms with E-state index in [0.29, 0.717) is 22.9 Å². The van der Waals surface area contributed by atoms with Crippen LogP contribution < -0.4 is 5.43 Å². The lowest BCUT2D eigenvalue weighted by molar-refractivity contribution is -0.142. The number of esters is 1. The molecule has 0 aliphatic carbocycles. The molecule has 2 aromatic heterocycles. The molecule has 6 nitrogen and oxygen atoms in total. The van der Waals surface area contributed by atoms with Crippen molar-refractivity contribution < 1.29 is 9.53 Å². The van der Waals surface area contributed by atoms with Crippen LogP contribution in [0.4, 0.5) is 0 Å². The highest BCUT2D eigenvalue weighted by Gasteiger charge is 2.10. The molecule has 4 rings (SSSR count). The van der Waals surface area contributed by atoms with Crippen molar-refractivity contribution >= 4 is 27.6 Å². The Labute approximate surface area is 161 Å². The minimum Gasteiger partial charge on any atom is -0.466 e. The molecule has 0 saturated carbocycles. The predicted octanol–water partition coefficient (Wildman–Crippen LogP) is 3.25. The molecule has 2 heterocycles. The van der Waals surface area contributed by atoms with Gasteiger partial charge in [0.05, 0.1) is 24.7 Å². The smallest absolute Gasteiger partial charge is 0.310 e. The van der Waals surface area contributed by atoms with Crippen LogP contribution in [-0.4, -0.2) is 27.3 Å². The molecule has 140 valence electrons. The van der Waals surface area contributed by atoms with Crippen molar-refractivity contribution in [3.05, 3.63) is 70.8 Å². The maximum Gasteiger partial charge on any atom is 0.310 e. The second-order valence-electron chi connectivity index (χ2n) is 6.63. The maximum atomic E-state index is 13.3. The van der Waals surface area contributed by atoms with Crippen molar-refractivity contribution in [1.29, 1.82) is 0 Å². The predicted molar refractivity (Wildman–Crippen MR) is 108 cm³/mol. The molecule has 6 heteroatoms. The number of pyridine rings is 1. The molecule has 0 aliphatic heterocycles. The lowest BCUT2D eigenvalue weighted by Crippen LogP contribution is -2.08. The molecular weight excluding hydrogens is 354 g/mol. The lowest BCUT2D eigenvalue weighted by atomic mass is 10.1. The molecule has 0 N–H and O–H groups in total. The van der Waals surface area contributed by atoms with Gasteiger partial charge >= 0.3 is 5.97 Å². The number of aryl methyl sites for hydroxylation is 1. The van der Waals surface area contributed by atoms with Crippen LogP contribution in [0.25, 0.3) is 32.8 Å². The first-order chi connectivity index (χ1) is 13.5.